The van der Waals surface area contributed by atoms with Crippen LogP contribution >= 0.6 is 0 Å². The van der Waals surface area contributed by atoms with Gasteiger partial charge < -0.3 is 20.3 Å². The normalized spacial score (nSPS) is 20.5. The number of rotatable bonds is 4. The van der Waals surface area contributed by atoms with Gasteiger partial charge in [0.25, 0.3) is 0 Å². The second-order valence-corrected chi connectivity index (χ2v) is 6.75. The molecule has 1 amide bonds. The Hall–Kier alpha value is -1.59. The van der Waals surface area contributed by atoms with E-state index in [4.69, 9.17) is 10.5 Å². The fraction of sp³-hybridized carbons (Fsp3) is 0.611. The third-order valence-corrected chi connectivity index (χ3v) is 5.02. The number of amides is 1. The lowest BCUT2D eigenvalue weighted by molar-refractivity contribution is -0.136. The SMILES string of the molecule is CN(Cc1ccccc1N1CCOCC1)C(=O)C1(N)CCCC1. The zero-order valence-electron chi connectivity index (χ0n) is 14.0. The van der Waals surface area contributed by atoms with Crippen LogP contribution < -0.4 is 10.6 Å². The van der Waals surface area contributed by atoms with Crippen molar-refractivity contribution in [3.05, 3.63) is 29.8 Å². The van der Waals surface area contributed by atoms with Gasteiger partial charge in [0, 0.05) is 32.4 Å². The topological polar surface area (TPSA) is 58.8 Å². The summed E-state index contributed by atoms with van der Waals surface area (Å²) in [7, 11) is 1.87. The van der Waals surface area contributed by atoms with E-state index < -0.39 is 5.54 Å². The van der Waals surface area contributed by atoms with E-state index in [9.17, 15) is 4.79 Å². The number of morpholine rings is 1. The predicted octanol–water partition coefficient (Wildman–Crippen LogP) is 1.75. The zero-order chi connectivity index (χ0) is 16.3. The van der Waals surface area contributed by atoms with E-state index in [-0.39, 0.29) is 5.91 Å². The molecule has 1 saturated heterocycles. The Kier molecular flexibility index (Phi) is 4.87. The molecule has 1 heterocycles. The second-order valence-electron chi connectivity index (χ2n) is 6.75. The third kappa shape index (κ3) is 3.51. The summed E-state index contributed by atoms with van der Waals surface area (Å²) in [5.74, 6) is 0.0757. The number of ether oxygens (including phenoxy) is 1. The molecule has 0 atom stereocenters. The molecular weight excluding hydrogens is 290 g/mol. The number of carbonyl (C=O) groups is 1. The molecule has 0 spiro atoms. The van der Waals surface area contributed by atoms with Crippen LogP contribution in [0.5, 0.6) is 0 Å². The number of carbonyl (C=O) groups excluding carboxylic acids is 1. The zero-order valence-corrected chi connectivity index (χ0v) is 14.0. The van der Waals surface area contributed by atoms with E-state index in [2.05, 4.69) is 23.1 Å². The van der Waals surface area contributed by atoms with E-state index in [0.29, 0.717) is 6.54 Å². The molecule has 2 aliphatic rings. The molecule has 23 heavy (non-hydrogen) atoms. The van der Waals surface area contributed by atoms with Crippen molar-refractivity contribution in [1.29, 1.82) is 0 Å². The summed E-state index contributed by atoms with van der Waals surface area (Å²) in [5, 5.41) is 0. The van der Waals surface area contributed by atoms with Gasteiger partial charge in [0.1, 0.15) is 0 Å². The van der Waals surface area contributed by atoms with E-state index >= 15 is 0 Å². The van der Waals surface area contributed by atoms with Crippen LogP contribution in [0.2, 0.25) is 0 Å². The van der Waals surface area contributed by atoms with Crippen molar-refractivity contribution in [2.45, 2.75) is 37.8 Å². The molecule has 1 aliphatic carbocycles. The molecule has 3 rings (SSSR count). The highest BCUT2D eigenvalue weighted by Gasteiger charge is 2.38. The first-order valence-corrected chi connectivity index (χ1v) is 8.55. The average molecular weight is 317 g/mol. The molecule has 0 aromatic heterocycles. The van der Waals surface area contributed by atoms with Gasteiger partial charge in [-0.05, 0) is 24.5 Å². The first kappa shape index (κ1) is 16.3. The molecule has 5 nitrogen and oxygen atoms in total. The number of nitrogens with two attached hydrogens (primary N) is 1. The van der Waals surface area contributed by atoms with Crippen LogP contribution in [0.25, 0.3) is 0 Å². The second kappa shape index (κ2) is 6.89. The standard InChI is InChI=1S/C18H27N3O2/c1-20(17(22)18(19)8-4-5-9-18)14-15-6-2-3-7-16(15)21-10-12-23-13-11-21/h2-3,6-7H,4-5,8-14,19H2,1H3. The molecule has 0 radical (unpaired) electrons. The molecule has 126 valence electrons. The Morgan fingerprint density at radius 3 is 2.61 bits per heavy atom. The van der Waals surface area contributed by atoms with Crippen LogP contribution in [-0.4, -0.2) is 49.7 Å². The summed E-state index contributed by atoms with van der Waals surface area (Å²) < 4.78 is 5.44. The van der Waals surface area contributed by atoms with Gasteiger partial charge in [-0.25, -0.2) is 0 Å². The van der Waals surface area contributed by atoms with Crippen molar-refractivity contribution < 1.29 is 9.53 Å². The van der Waals surface area contributed by atoms with Crippen LogP contribution in [0.3, 0.4) is 0 Å². The lowest BCUT2D eigenvalue weighted by atomic mass is 9.97. The van der Waals surface area contributed by atoms with Crippen molar-refractivity contribution in [1.82, 2.24) is 4.90 Å². The van der Waals surface area contributed by atoms with Gasteiger partial charge in [-0.15, -0.1) is 0 Å². The Morgan fingerprint density at radius 2 is 1.91 bits per heavy atom. The minimum Gasteiger partial charge on any atom is -0.378 e. The minimum absolute atomic E-state index is 0.0757. The molecule has 0 unspecified atom stereocenters. The van der Waals surface area contributed by atoms with Gasteiger partial charge in [-0.2, -0.15) is 0 Å². The smallest absolute Gasteiger partial charge is 0.242 e. The quantitative estimate of drug-likeness (QED) is 0.919. The van der Waals surface area contributed by atoms with Gasteiger partial charge in [0.05, 0.1) is 18.8 Å². The predicted molar refractivity (Wildman–Crippen MR) is 91.3 cm³/mol. The third-order valence-electron chi connectivity index (χ3n) is 5.02. The van der Waals surface area contributed by atoms with Crippen LogP contribution in [0, 0.1) is 0 Å². The number of hydrogen-bond acceptors (Lipinski definition) is 4. The van der Waals surface area contributed by atoms with Gasteiger partial charge >= 0.3 is 0 Å². The molecular formula is C18H27N3O2. The van der Waals surface area contributed by atoms with Gasteiger partial charge in [-0.3, -0.25) is 4.79 Å². The maximum absolute atomic E-state index is 12.7. The van der Waals surface area contributed by atoms with E-state index in [1.165, 1.54) is 11.3 Å². The maximum Gasteiger partial charge on any atom is 0.242 e. The van der Waals surface area contributed by atoms with Crippen molar-refractivity contribution >= 4 is 11.6 Å². The van der Waals surface area contributed by atoms with Gasteiger partial charge in [-0.1, -0.05) is 31.0 Å². The van der Waals surface area contributed by atoms with Crippen LogP contribution in [0.1, 0.15) is 31.2 Å². The molecule has 2 N–H and O–H groups in total. The Balaban J connectivity index is 1.73. The Bertz CT molecular complexity index is 549. The van der Waals surface area contributed by atoms with Crippen molar-refractivity contribution in [3.8, 4) is 0 Å². The highest BCUT2D eigenvalue weighted by atomic mass is 16.5. The molecule has 1 aromatic rings. The molecule has 1 aliphatic heterocycles. The highest BCUT2D eigenvalue weighted by Crippen LogP contribution is 2.30. The molecule has 1 saturated carbocycles. The van der Waals surface area contributed by atoms with Crippen molar-refractivity contribution in [2.75, 3.05) is 38.3 Å². The van der Waals surface area contributed by atoms with E-state index in [1.807, 2.05) is 13.1 Å². The number of para-hydroxylation sites is 1. The van der Waals surface area contributed by atoms with E-state index in [0.717, 1.165) is 52.0 Å². The maximum atomic E-state index is 12.7. The monoisotopic (exact) mass is 317 g/mol. The molecule has 2 fully saturated rings. The van der Waals surface area contributed by atoms with Crippen molar-refractivity contribution in [3.63, 3.8) is 0 Å². The largest absolute Gasteiger partial charge is 0.378 e. The molecule has 1 aromatic carbocycles. The first-order valence-electron chi connectivity index (χ1n) is 8.55. The summed E-state index contributed by atoms with van der Waals surface area (Å²) in [6.07, 6.45) is 3.73. The number of nitrogens with zero attached hydrogens (tertiary/aromatic N) is 2. The fourth-order valence-electron chi connectivity index (χ4n) is 3.68. The molecule has 5 heteroatoms. The lowest BCUT2D eigenvalue weighted by Crippen LogP contribution is -2.52. The summed E-state index contributed by atoms with van der Waals surface area (Å²) in [5.41, 5.74) is 8.04. The number of anilines is 1. The Morgan fingerprint density at radius 1 is 1.26 bits per heavy atom. The van der Waals surface area contributed by atoms with Crippen LogP contribution in [0.4, 0.5) is 5.69 Å². The lowest BCUT2D eigenvalue weighted by Gasteiger charge is -2.33. The summed E-state index contributed by atoms with van der Waals surface area (Å²) in [6, 6.07) is 8.32. The number of hydrogen-bond donors (Lipinski definition) is 1. The van der Waals surface area contributed by atoms with E-state index in [1.54, 1.807) is 4.90 Å². The van der Waals surface area contributed by atoms with Gasteiger partial charge in [0.15, 0.2) is 0 Å². The van der Waals surface area contributed by atoms with Crippen LogP contribution in [0.15, 0.2) is 24.3 Å². The molecule has 0 bridgehead atoms. The minimum atomic E-state index is -0.650. The van der Waals surface area contributed by atoms with Crippen LogP contribution in [-0.2, 0) is 16.1 Å². The number of likely N-dealkylation sites (N-methyl/N-ethyl adjacent to an activating group) is 1. The average Bonchev–Trinajstić information content (AvgIpc) is 3.03. The Labute approximate surface area is 138 Å². The van der Waals surface area contributed by atoms with Crippen molar-refractivity contribution in [2.24, 2.45) is 5.73 Å². The first-order chi connectivity index (χ1) is 11.1. The van der Waals surface area contributed by atoms with Gasteiger partial charge in [0.2, 0.25) is 5.91 Å². The number of benzene rings is 1. The highest BCUT2D eigenvalue weighted by molar-refractivity contribution is 5.86. The summed E-state index contributed by atoms with van der Waals surface area (Å²) in [6.45, 7) is 3.92. The fourth-order valence-corrected chi connectivity index (χ4v) is 3.68. The summed E-state index contributed by atoms with van der Waals surface area (Å²) >= 11 is 0. The summed E-state index contributed by atoms with van der Waals surface area (Å²) in [4.78, 5) is 16.9.